The Labute approximate surface area is 197 Å². The molecule has 4 N–H and O–H groups in total. The van der Waals surface area contributed by atoms with Crippen molar-refractivity contribution in [1.82, 2.24) is 30.2 Å². The first-order valence-corrected chi connectivity index (χ1v) is 9.48. The van der Waals surface area contributed by atoms with Gasteiger partial charge in [-0.1, -0.05) is 0 Å². The fourth-order valence-corrected chi connectivity index (χ4v) is 2.99. The maximum Gasteiger partial charge on any atom is 0.191 e. The van der Waals surface area contributed by atoms with Crippen LogP contribution in [-0.4, -0.2) is 39.1 Å². The van der Waals surface area contributed by atoms with Gasteiger partial charge in [0, 0.05) is 26.8 Å². The summed E-state index contributed by atoms with van der Waals surface area (Å²) in [4.78, 5) is 4.20. The fourth-order valence-electron chi connectivity index (χ4n) is 2.99. The van der Waals surface area contributed by atoms with Crippen LogP contribution in [0.15, 0.2) is 41.5 Å². The topological polar surface area (TPSA) is 122 Å². The van der Waals surface area contributed by atoms with Crippen LogP contribution in [0.5, 0.6) is 0 Å². The van der Waals surface area contributed by atoms with Gasteiger partial charge in [-0.25, -0.2) is 9.07 Å². The number of nitrogen functional groups attached to an aromatic ring is 1. The fraction of sp³-hybridized carbons (Fsp3) is 0.300. The second-order valence-electron chi connectivity index (χ2n) is 6.61. The van der Waals surface area contributed by atoms with E-state index in [-0.39, 0.29) is 35.6 Å². The maximum atomic E-state index is 13.2. The summed E-state index contributed by atoms with van der Waals surface area (Å²) in [5.41, 5.74) is 8.69. The lowest BCUT2D eigenvalue weighted by Gasteiger charge is -2.11. The van der Waals surface area contributed by atoms with Crippen LogP contribution in [0.25, 0.3) is 5.69 Å². The van der Waals surface area contributed by atoms with Crippen LogP contribution in [0.2, 0.25) is 0 Å². The molecule has 3 aromatic rings. The van der Waals surface area contributed by atoms with Crippen molar-refractivity contribution in [3.8, 4) is 11.8 Å². The monoisotopic (exact) mass is 537 g/mol. The van der Waals surface area contributed by atoms with E-state index in [4.69, 9.17) is 5.73 Å². The number of rotatable bonds is 7. The number of hydrogen-bond donors (Lipinski definition) is 3. The Morgan fingerprint density at radius 3 is 2.61 bits per heavy atom. The molecule has 0 fully saturated rings. The third-order valence-electron chi connectivity index (χ3n) is 4.64. The molecule has 0 saturated heterocycles. The lowest BCUT2D eigenvalue weighted by atomic mass is 10.1. The normalized spacial score (nSPS) is 11.0. The van der Waals surface area contributed by atoms with Crippen LogP contribution in [0, 0.1) is 17.1 Å². The SMILES string of the molecule is CN=C(NCCCc1nn(-c2ccc(F)cc2)c(N)c1C#N)NCc1ccnn1C.I. The number of nitrogens with one attached hydrogen (secondary N) is 2. The highest BCUT2D eigenvalue weighted by atomic mass is 127. The molecule has 0 bridgehead atoms. The minimum Gasteiger partial charge on any atom is -0.382 e. The Morgan fingerprint density at radius 1 is 1.26 bits per heavy atom. The summed E-state index contributed by atoms with van der Waals surface area (Å²) >= 11 is 0. The molecular formula is C20H25FIN9. The van der Waals surface area contributed by atoms with Crippen molar-refractivity contribution < 1.29 is 4.39 Å². The molecule has 2 heterocycles. The first kappa shape index (κ1) is 24.1. The largest absolute Gasteiger partial charge is 0.382 e. The molecule has 0 saturated carbocycles. The van der Waals surface area contributed by atoms with E-state index in [0.717, 1.165) is 12.1 Å². The molecule has 0 spiro atoms. The average molecular weight is 537 g/mol. The van der Waals surface area contributed by atoms with Crippen LogP contribution in [0.1, 0.15) is 23.4 Å². The van der Waals surface area contributed by atoms with E-state index in [9.17, 15) is 9.65 Å². The Kier molecular flexibility index (Phi) is 8.80. The van der Waals surface area contributed by atoms with Gasteiger partial charge in [0.2, 0.25) is 0 Å². The Morgan fingerprint density at radius 2 is 2.00 bits per heavy atom. The third kappa shape index (κ3) is 5.94. The number of nitrogens with zero attached hydrogens (tertiary/aromatic N) is 6. The van der Waals surface area contributed by atoms with Crippen molar-refractivity contribution in [3.63, 3.8) is 0 Å². The third-order valence-corrected chi connectivity index (χ3v) is 4.64. The van der Waals surface area contributed by atoms with Crippen molar-refractivity contribution in [3.05, 3.63) is 59.3 Å². The van der Waals surface area contributed by atoms with Crippen LogP contribution >= 0.6 is 24.0 Å². The Bertz CT molecular complexity index is 1060. The smallest absolute Gasteiger partial charge is 0.191 e. The maximum absolute atomic E-state index is 13.2. The van der Waals surface area contributed by atoms with Crippen LogP contribution in [-0.2, 0) is 20.0 Å². The summed E-state index contributed by atoms with van der Waals surface area (Å²) in [5, 5.41) is 24.5. The molecule has 0 amide bonds. The molecule has 0 aliphatic carbocycles. The number of guanidine groups is 1. The van der Waals surface area contributed by atoms with Gasteiger partial charge < -0.3 is 16.4 Å². The number of aliphatic imine (C=N–C) groups is 1. The number of anilines is 1. The van der Waals surface area contributed by atoms with Gasteiger partial charge in [0.25, 0.3) is 0 Å². The molecule has 1 aromatic carbocycles. The highest BCUT2D eigenvalue weighted by Gasteiger charge is 2.16. The predicted molar refractivity (Wildman–Crippen MR) is 128 cm³/mol. The van der Waals surface area contributed by atoms with Crippen molar-refractivity contribution in [2.75, 3.05) is 19.3 Å². The average Bonchev–Trinajstić information content (AvgIpc) is 3.30. The van der Waals surface area contributed by atoms with Gasteiger partial charge in [0.15, 0.2) is 5.96 Å². The summed E-state index contributed by atoms with van der Waals surface area (Å²) in [6.45, 7) is 1.24. The molecule has 0 aliphatic rings. The van der Waals surface area contributed by atoms with Crippen molar-refractivity contribution >= 4 is 35.8 Å². The number of halogens is 2. The van der Waals surface area contributed by atoms with E-state index in [2.05, 4.69) is 31.9 Å². The molecule has 9 nitrogen and oxygen atoms in total. The van der Waals surface area contributed by atoms with Gasteiger partial charge in [-0.15, -0.1) is 24.0 Å². The number of benzene rings is 1. The molecule has 3 rings (SSSR count). The highest BCUT2D eigenvalue weighted by molar-refractivity contribution is 14.0. The molecule has 164 valence electrons. The summed E-state index contributed by atoms with van der Waals surface area (Å²) in [5.74, 6) is 0.579. The van der Waals surface area contributed by atoms with Crippen molar-refractivity contribution in [1.29, 1.82) is 5.26 Å². The molecule has 31 heavy (non-hydrogen) atoms. The van der Waals surface area contributed by atoms with E-state index < -0.39 is 0 Å². The molecule has 0 unspecified atom stereocenters. The standard InChI is InChI=1S/C20H24FN9.HI/c1-24-20(26-13-16-9-11-27-29(16)2)25-10-3-4-18-17(12-22)19(23)30(28-18)15-7-5-14(21)6-8-15;/h5-9,11H,3-4,10,13,23H2,1-2H3,(H2,24,25,26);1H. The first-order chi connectivity index (χ1) is 14.5. The van der Waals surface area contributed by atoms with Crippen LogP contribution < -0.4 is 16.4 Å². The first-order valence-electron chi connectivity index (χ1n) is 9.48. The summed E-state index contributed by atoms with van der Waals surface area (Å²) in [6, 6.07) is 9.86. The minimum atomic E-state index is -0.346. The highest BCUT2D eigenvalue weighted by Crippen LogP contribution is 2.21. The number of hydrogen-bond acceptors (Lipinski definition) is 5. The molecule has 0 atom stereocenters. The summed E-state index contributed by atoms with van der Waals surface area (Å²) in [7, 11) is 3.59. The van der Waals surface area contributed by atoms with Gasteiger partial charge in [0.05, 0.1) is 23.6 Å². The second kappa shape index (κ2) is 11.3. The van der Waals surface area contributed by atoms with Gasteiger partial charge in [0.1, 0.15) is 23.3 Å². The van der Waals surface area contributed by atoms with Crippen molar-refractivity contribution in [2.24, 2.45) is 12.0 Å². The van der Waals surface area contributed by atoms with Gasteiger partial charge in [-0.3, -0.25) is 9.67 Å². The van der Waals surface area contributed by atoms with Gasteiger partial charge >= 0.3 is 0 Å². The predicted octanol–water partition coefficient (Wildman–Crippen LogP) is 2.11. The number of nitriles is 1. The molecule has 2 aromatic heterocycles. The van der Waals surface area contributed by atoms with Gasteiger partial charge in [-0.2, -0.15) is 15.5 Å². The van der Waals surface area contributed by atoms with Crippen LogP contribution in [0.4, 0.5) is 10.2 Å². The molecule has 0 aliphatic heterocycles. The van der Waals surface area contributed by atoms with E-state index in [1.165, 1.54) is 16.8 Å². The summed E-state index contributed by atoms with van der Waals surface area (Å²) < 4.78 is 16.4. The lowest BCUT2D eigenvalue weighted by molar-refractivity contribution is 0.627. The van der Waals surface area contributed by atoms with E-state index in [0.29, 0.717) is 42.4 Å². The number of aryl methyl sites for hydroxylation is 2. The number of aromatic nitrogens is 4. The molecule has 11 heteroatoms. The van der Waals surface area contributed by atoms with E-state index in [1.807, 2.05) is 13.1 Å². The van der Waals surface area contributed by atoms with E-state index >= 15 is 0 Å². The zero-order valence-electron chi connectivity index (χ0n) is 17.3. The Balaban J connectivity index is 0.00000341. The summed E-state index contributed by atoms with van der Waals surface area (Å²) in [6.07, 6.45) is 3.03. The van der Waals surface area contributed by atoms with Gasteiger partial charge in [-0.05, 0) is 43.2 Å². The lowest BCUT2D eigenvalue weighted by Crippen LogP contribution is -2.37. The zero-order valence-corrected chi connectivity index (χ0v) is 19.7. The quantitative estimate of drug-likeness (QED) is 0.184. The zero-order chi connectivity index (χ0) is 21.5. The Hall–Kier alpha value is -3.14. The molecule has 0 radical (unpaired) electrons. The van der Waals surface area contributed by atoms with Crippen molar-refractivity contribution in [2.45, 2.75) is 19.4 Å². The second-order valence-corrected chi connectivity index (χ2v) is 6.61. The van der Waals surface area contributed by atoms with E-state index in [1.54, 1.807) is 30.1 Å². The minimum absolute atomic E-state index is 0. The molecular weight excluding hydrogens is 512 g/mol. The number of nitrogens with two attached hydrogens (primary N) is 1. The van der Waals surface area contributed by atoms with Crippen LogP contribution in [0.3, 0.4) is 0 Å².